The van der Waals surface area contributed by atoms with E-state index in [1.165, 1.54) is 0 Å². The molecule has 0 amide bonds. The molecule has 0 saturated carbocycles. The van der Waals surface area contributed by atoms with Gasteiger partial charge in [-0.1, -0.05) is 47.8 Å². The molecule has 0 aliphatic heterocycles. The third-order valence-electron chi connectivity index (χ3n) is 3.71. The lowest BCUT2D eigenvalue weighted by molar-refractivity contribution is 0.301. The summed E-state index contributed by atoms with van der Waals surface area (Å²) in [6.45, 7) is 5.30. The lowest BCUT2D eigenvalue weighted by Gasteiger charge is -2.16. The normalized spacial score (nSPS) is 12.2. The first kappa shape index (κ1) is 18.4. The van der Waals surface area contributed by atoms with Gasteiger partial charge in [0.15, 0.2) is 0 Å². The van der Waals surface area contributed by atoms with Crippen molar-refractivity contribution in [2.45, 2.75) is 39.5 Å². The smallest absolute Gasteiger partial charge is 0.124 e. The Labute approximate surface area is 152 Å². The molecule has 2 nitrogen and oxygen atoms in total. The molecule has 0 unspecified atom stereocenters. The predicted molar refractivity (Wildman–Crippen MR) is 98.8 cm³/mol. The molecular formula is C18H20Cl3NO. The van der Waals surface area contributed by atoms with E-state index in [0.717, 1.165) is 23.3 Å². The quantitative estimate of drug-likeness (QED) is 0.632. The van der Waals surface area contributed by atoms with Crippen molar-refractivity contribution in [2.24, 2.45) is 0 Å². The van der Waals surface area contributed by atoms with Crippen LogP contribution in [0.2, 0.25) is 15.1 Å². The van der Waals surface area contributed by atoms with E-state index in [2.05, 4.69) is 19.2 Å². The van der Waals surface area contributed by atoms with Crippen molar-refractivity contribution in [3.8, 4) is 5.75 Å². The molecule has 23 heavy (non-hydrogen) atoms. The molecule has 2 aromatic rings. The van der Waals surface area contributed by atoms with Crippen LogP contribution in [0.15, 0.2) is 36.4 Å². The summed E-state index contributed by atoms with van der Waals surface area (Å²) in [6, 6.07) is 11.5. The molecule has 0 aromatic heterocycles. The summed E-state index contributed by atoms with van der Waals surface area (Å²) in [5.74, 6) is 0.779. The van der Waals surface area contributed by atoms with Crippen LogP contribution >= 0.6 is 34.8 Å². The lowest BCUT2D eigenvalue weighted by Crippen LogP contribution is -2.24. The Morgan fingerprint density at radius 3 is 2.43 bits per heavy atom. The number of hydrogen-bond acceptors (Lipinski definition) is 2. The molecule has 0 bridgehead atoms. The van der Waals surface area contributed by atoms with E-state index in [4.69, 9.17) is 39.5 Å². The Bertz CT molecular complexity index is 640. The van der Waals surface area contributed by atoms with E-state index in [0.29, 0.717) is 34.3 Å². The highest BCUT2D eigenvalue weighted by Gasteiger charge is 2.10. The minimum atomic E-state index is 0.316. The maximum atomic E-state index is 6.18. The number of rotatable bonds is 7. The van der Waals surface area contributed by atoms with Crippen LogP contribution in [0.1, 0.15) is 31.4 Å². The molecule has 2 rings (SSSR count). The second-order valence-corrected chi connectivity index (χ2v) is 6.68. The van der Waals surface area contributed by atoms with Crippen molar-refractivity contribution in [2.75, 3.05) is 0 Å². The summed E-state index contributed by atoms with van der Waals surface area (Å²) in [7, 11) is 0. The Morgan fingerprint density at radius 1 is 1.09 bits per heavy atom. The van der Waals surface area contributed by atoms with Crippen LogP contribution < -0.4 is 10.1 Å². The molecule has 0 fully saturated rings. The Hall–Kier alpha value is -0.930. The van der Waals surface area contributed by atoms with Crippen LogP contribution in [0.3, 0.4) is 0 Å². The summed E-state index contributed by atoms with van der Waals surface area (Å²) in [5, 5.41) is 5.34. The standard InChI is InChI=1S/C18H20Cl3NO/c1-3-12(2)22-10-13-9-14(19)7-8-18(13)23-11-15-16(20)5-4-6-17(15)21/h4-9,12,22H,3,10-11H2,1-2H3/t12-/m0/s1. The molecule has 1 N–H and O–H groups in total. The largest absolute Gasteiger partial charge is 0.488 e. The first-order chi connectivity index (χ1) is 11.0. The molecular weight excluding hydrogens is 353 g/mol. The van der Waals surface area contributed by atoms with E-state index in [-0.39, 0.29) is 0 Å². The van der Waals surface area contributed by atoms with Crippen LogP contribution in [-0.4, -0.2) is 6.04 Å². The summed E-state index contributed by atoms with van der Waals surface area (Å²) < 4.78 is 5.94. The van der Waals surface area contributed by atoms with Gasteiger partial charge in [0.25, 0.3) is 0 Å². The van der Waals surface area contributed by atoms with Crippen LogP contribution in [-0.2, 0) is 13.2 Å². The van der Waals surface area contributed by atoms with E-state index in [1.54, 1.807) is 12.1 Å². The van der Waals surface area contributed by atoms with E-state index < -0.39 is 0 Å². The fourth-order valence-electron chi connectivity index (χ4n) is 2.08. The molecule has 0 saturated heterocycles. The van der Waals surface area contributed by atoms with Gasteiger partial charge in [0, 0.05) is 38.8 Å². The van der Waals surface area contributed by atoms with Crippen LogP contribution in [0, 0.1) is 0 Å². The predicted octanol–water partition coefficient (Wildman–Crippen LogP) is 6.11. The highest BCUT2D eigenvalue weighted by molar-refractivity contribution is 6.36. The summed E-state index contributed by atoms with van der Waals surface area (Å²) in [4.78, 5) is 0. The second-order valence-electron chi connectivity index (χ2n) is 5.43. The van der Waals surface area contributed by atoms with Gasteiger partial charge in [0.1, 0.15) is 12.4 Å². The molecule has 0 radical (unpaired) electrons. The van der Waals surface area contributed by atoms with E-state index in [9.17, 15) is 0 Å². The SMILES string of the molecule is CC[C@H](C)NCc1cc(Cl)ccc1OCc1c(Cl)cccc1Cl. The first-order valence-electron chi connectivity index (χ1n) is 7.58. The van der Waals surface area contributed by atoms with Gasteiger partial charge in [-0.05, 0) is 43.7 Å². The molecule has 124 valence electrons. The molecule has 0 spiro atoms. The molecule has 2 aromatic carbocycles. The zero-order valence-corrected chi connectivity index (χ0v) is 15.5. The minimum Gasteiger partial charge on any atom is -0.488 e. The number of benzene rings is 2. The minimum absolute atomic E-state index is 0.316. The van der Waals surface area contributed by atoms with Crippen LogP contribution in [0.4, 0.5) is 0 Å². The molecule has 0 heterocycles. The zero-order chi connectivity index (χ0) is 16.8. The Kier molecular flexibility index (Phi) is 7.04. The highest BCUT2D eigenvalue weighted by atomic mass is 35.5. The fourth-order valence-corrected chi connectivity index (χ4v) is 2.78. The highest BCUT2D eigenvalue weighted by Crippen LogP contribution is 2.28. The van der Waals surface area contributed by atoms with Gasteiger partial charge in [-0.3, -0.25) is 0 Å². The summed E-state index contributed by atoms with van der Waals surface area (Å²) in [5.41, 5.74) is 1.80. The third-order valence-corrected chi connectivity index (χ3v) is 4.65. The number of ether oxygens (including phenoxy) is 1. The lowest BCUT2D eigenvalue weighted by atomic mass is 10.1. The van der Waals surface area contributed by atoms with Crippen molar-refractivity contribution in [1.82, 2.24) is 5.32 Å². The van der Waals surface area contributed by atoms with Crippen molar-refractivity contribution < 1.29 is 4.74 Å². The van der Waals surface area contributed by atoms with Crippen molar-refractivity contribution in [1.29, 1.82) is 0 Å². The second kappa shape index (κ2) is 8.79. The average molecular weight is 373 g/mol. The maximum absolute atomic E-state index is 6.18. The van der Waals surface area contributed by atoms with Gasteiger partial charge in [-0.15, -0.1) is 0 Å². The monoisotopic (exact) mass is 371 g/mol. The molecule has 0 aliphatic rings. The number of halogens is 3. The van der Waals surface area contributed by atoms with Gasteiger partial charge in [-0.2, -0.15) is 0 Å². The van der Waals surface area contributed by atoms with Crippen molar-refractivity contribution in [3.63, 3.8) is 0 Å². The van der Waals surface area contributed by atoms with Crippen molar-refractivity contribution >= 4 is 34.8 Å². The zero-order valence-electron chi connectivity index (χ0n) is 13.2. The molecule has 5 heteroatoms. The Balaban J connectivity index is 2.13. The van der Waals surface area contributed by atoms with E-state index >= 15 is 0 Å². The van der Waals surface area contributed by atoms with Crippen LogP contribution in [0.5, 0.6) is 5.75 Å². The number of nitrogens with one attached hydrogen (secondary N) is 1. The summed E-state index contributed by atoms with van der Waals surface area (Å²) >= 11 is 18.5. The fraction of sp³-hybridized carbons (Fsp3) is 0.333. The molecule has 0 aliphatic carbocycles. The summed E-state index contributed by atoms with van der Waals surface area (Å²) in [6.07, 6.45) is 1.06. The average Bonchev–Trinajstić information content (AvgIpc) is 2.53. The van der Waals surface area contributed by atoms with Gasteiger partial charge in [-0.25, -0.2) is 0 Å². The van der Waals surface area contributed by atoms with Gasteiger partial charge in [0.2, 0.25) is 0 Å². The third kappa shape index (κ3) is 5.29. The molecule has 1 atom stereocenters. The topological polar surface area (TPSA) is 21.3 Å². The van der Waals surface area contributed by atoms with Crippen LogP contribution in [0.25, 0.3) is 0 Å². The van der Waals surface area contributed by atoms with Gasteiger partial charge < -0.3 is 10.1 Å². The van der Waals surface area contributed by atoms with Gasteiger partial charge in [0.05, 0.1) is 0 Å². The van der Waals surface area contributed by atoms with Gasteiger partial charge >= 0.3 is 0 Å². The van der Waals surface area contributed by atoms with Crippen molar-refractivity contribution in [3.05, 3.63) is 62.6 Å². The Morgan fingerprint density at radius 2 is 1.78 bits per heavy atom. The number of hydrogen-bond donors (Lipinski definition) is 1. The van der Waals surface area contributed by atoms with E-state index in [1.807, 2.05) is 24.3 Å². The maximum Gasteiger partial charge on any atom is 0.124 e. The first-order valence-corrected chi connectivity index (χ1v) is 8.72.